The fourth-order valence-corrected chi connectivity index (χ4v) is 2.17. The summed E-state index contributed by atoms with van der Waals surface area (Å²) in [7, 11) is 0. The lowest BCUT2D eigenvalue weighted by atomic mass is 10.1. The third kappa shape index (κ3) is 2.34. The van der Waals surface area contributed by atoms with Crippen molar-refractivity contribution in [3.63, 3.8) is 0 Å². The Morgan fingerprint density at radius 2 is 1.88 bits per heavy atom. The number of aromatic nitrogens is 2. The van der Waals surface area contributed by atoms with Crippen molar-refractivity contribution in [3.05, 3.63) is 39.9 Å². The van der Waals surface area contributed by atoms with Crippen LogP contribution in [0.2, 0.25) is 0 Å². The van der Waals surface area contributed by atoms with Crippen molar-refractivity contribution in [3.8, 4) is 0 Å². The summed E-state index contributed by atoms with van der Waals surface area (Å²) in [6, 6.07) is 5.92. The predicted molar refractivity (Wildman–Crippen MR) is 68.5 cm³/mol. The Kier molecular flexibility index (Phi) is 3.19. The number of nitrogens with one attached hydrogen (secondary N) is 1. The average Bonchev–Trinajstić information content (AvgIpc) is 2.70. The monoisotopic (exact) mass is 247 g/mol. The van der Waals surface area contributed by atoms with Gasteiger partial charge in [-0.1, -0.05) is 22.7 Å². The zero-order valence-corrected chi connectivity index (χ0v) is 10.8. The van der Waals surface area contributed by atoms with Crippen molar-refractivity contribution in [2.24, 2.45) is 0 Å². The highest BCUT2D eigenvalue weighted by molar-refractivity contribution is 7.08. The third-order valence-corrected chi connectivity index (χ3v) is 3.40. The second kappa shape index (κ2) is 4.63. The number of rotatable bonds is 2. The van der Waals surface area contributed by atoms with E-state index in [2.05, 4.69) is 14.9 Å². The Hall–Kier alpha value is -1.75. The van der Waals surface area contributed by atoms with Gasteiger partial charge in [0.15, 0.2) is 0 Å². The zero-order chi connectivity index (χ0) is 12.4. The number of hydrogen-bond acceptors (Lipinski definition) is 4. The van der Waals surface area contributed by atoms with E-state index < -0.39 is 0 Å². The van der Waals surface area contributed by atoms with Crippen LogP contribution in [-0.2, 0) is 0 Å². The molecular weight excluding hydrogens is 234 g/mol. The van der Waals surface area contributed by atoms with Crippen molar-refractivity contribution in [1.29, 1.82) is 0 Å². The summed E-state index contributed by atoms with van der Waals surface area (Å²) >= 11 is 1.12. The second-order valence-corrected chi connectivity index (χ2v) is 4.66. The summed E-state index contributed by atoms with van der Waals surface area (Å²) in [4.78, 5) is 12.6. The highest BCUT2D eigenvalue weighted by atomic mass is 32.1. The van der Waals surface area contributed by atoms with Gasteiger partial charge in [0.2, 0.25) is 0 Å². The Bertz CT molecular complexity index is 542. The summed E-state index contributed by atoms with van der Waals surface area (Å²) < 4.78 is 3.76. The van der Waals surface area contributed by atoms with Gasteiger partial charge in [0, 0.05) is 5.69 Å². The van der Waals surface area contributed by atoms with E-state index in [4.69, 9.17) is 0 Å². The number of anilines is 1. The van der Waals surface area contributed by atoms with Crippen molar-refractivity contribution in [2.45, 2.75) is 20.8 Å². The second-order valence-electron chi connectivity index (χ2n) is 3.91. The zero-order valence-electron chi connectivity index (χ0n) is 9.94. The first kappa shape index (κ1) is 11.7. The number of amides is 1. The normalized spacial score (nSPS) is 10.3. The van der Waals surface area contributed by atoms with E-state index in [0.717, 1.165) is 28.3 Å². The topological polar surface area (TPSA) is 54.9 Å². The van der Waals surface area contributed by atoms with E-state index in [1.165, 1.54) is 0 Å². The first-order valence-corrected chi connectivity index (χ1v) is 6.03. The van der Waals surface area contributed by atoms with Gasteiger partial charge >= 0.3 is 0 Å². The fraction of sp³-hybridized carbons (Fsp3) is 0.250. The molecule has 1 N–H and O–H groups in total. The third-order valence-electron chi connectivity index (χ3n) is 2.58. The lowest BCUT2D eigenvalue weighted by Gasteiger charge is -2.10. The van der Waals surface area contributed by atoms with Crippen LogP contribution < -0.4 is 5.32 Å². The molecule has 1 aromatic carbocycles. The molecule has 88 valence electrons. The molecule has 0 bridgehead atoms. The molecule has 0 radical (unpaired) electrons. The standard InChI is InChI=1S/C12H13N3OS/c1-7-5-4-6-8(2)10(7)13-12(16)11-9(3)14-15-17-11/h4-6H,1-3H3,(H,13,16). The number of nitrogens with zero attached hydrogens (tertiary/aromatic N) is 2. The highest BCUT2D eigenvalue weighted by Crippen LogP contribution is 2.21. The number of benzene rings is 1. The molecule has 17 heavy (non-hydrogen) atoms. The van der Waals surface area contributed by atoms with Crippen LogP contribution in [0.4, 0.5) is 5.69 Å². The van der Waals surface area contributed by atoms with Crippen molar-refractivity contribution in [2.75, 3.05) is 5.32 Å². The predicted octanol–water partition coefficient (Wildman–Crippen LogP) is 2.72. The van der Waals surface area contributed by atoms with Gasteiger partial charge in [-0.2, -0.15) is 0 Å². The molecule has 2 rings (SSSR count). The fourth-order valence-electron chi connectivity index (χ4n) is 1.62. The quantitative estimate of drug-likeness (QED) is 0.887. The van der Waals surface area contributed by atoms with Crippen LogP contribution in [0.25, 0.3) is 0 Å². The van der Waals surface area contributed by atoms with Crippen LogP contribution in [0.3, 0.4) is 0 Å². The van der Waals surface area contributed by atoms with Crippen LogP contribution in [0.15, 0.2) is 18.2 Å². The van der Waals surface area contributed by atoms with Gasteiger partial charge < -0.3 is 5.32 Å². The Labute approximate surface area is 104 Å². The number of aryl methyl sites for hydroxylation is 3. The minimum Gasteiger partial charge on any atom is -0.321 e. The number of carbonyl (C=O) groups is 1. The van der Waals surface area contributed by atoms with Crippen molar-refractivity contribution in [1.82, 2.24) is 9.59 Å². The van der Waals surface area contributed by atoms with Gasteiger partial charge in [0.25, 0.3) is 5.91 Å². The van der Waals surface area contributed by atoms with E-state index in [-0.39, 0.29) is 5.91 Å². The van der Waals surface area contributed by atoms with E-state index in [1.54, 1.807) is 6.92 Å². The van der Waals surface area contributed by atoms with E-state index in [9.17, 15) is 4.79 Å². The Morgan fingerprint density at radius 3 is 2.41 bits per heavy atom. The molecular formula is C12H13N3OS. The molecule has 0 aliphatic rings. The van der Waals surface area contributed by atoms with Crippen LogP contribution in [0, 0.1) is 20.8 Å². The maximum absolute atomic E-state index is 12.0. The summed E-state index contributed by atoms with van der Waals surface area (Å²) in [6.45, 7) is 5.73. The van der Waals surface area contributed by atoms with Gasteiger partial charge in [-0.15, -0.1) is 5.10 Å². The van der Waals surface area contributed by atoms with Gasteiger partial charge in [0.1, 0.15) is 4.88 Å². The summed E-state index contributed by atoms with van der Waals surface area (Å²) in [5, 5.41) is 6.75. The molecule has 0 spiro atoms. The van der Waals surface area contributed by atoms with Crippen molar-refractivity contribution < 1.29 is 4.79 Å². The van der Waals surface area contributed by atoms with Gasteiger partial charge in [0.05, 0.1) is 5.69 Å². The summed E-state index contributed by atoms with van der Waals surface area (Å²) in [5.74, 6) is -0.144. The van der Waals surface area contributed by atoms with Crippen LogP contribution in [0.1, 0.15) is 26.5 Å². The SMILES string of the molecule is Cc1cccc(C)c1NC(=O)c1snnc1C. The average molecular weight is 247 g/mol. The van der Waals surface area contributed by atoms with E-state index in [0.29, 0.717) is 10.6 Å². The molecule has 5 heteroatoms. The van der Waals surface area contributed by atoms with Gasteiger partial charge in [-0.25, -0.2) is 0 Å². The van der Waals surface area contributed by atoms with Gasteiger partial charge in [-0.05, 0) is 43.4 Å². The summed E-state index contributed by atoms with van der Waals surface area (Å²) in [6.07, 6.45) is 0. The maximum atomic E-state index is 12.0. The smallest absolute Gasteiger partial charge is 0.269 e. The maximum Gasteiger partial charge on any atom is 0.269 e. The molecule has 0 saturated heterocycles. The number of hydrogen-bond donors (Lipinski definition) is 1. The molecule has 1 heterocycles. The minimum atomic E-state index is -0.144. The minimum absolute atomic E-state index is 0.144. The molecule has 0 aliphatic carbocycles. The van der Waals surface area contributed by atoms with E-state index in [1.807, 2.05) is 32.0 Å². The first-order chi connectivity index (χ1) is 8.09. The Morgan fingerprint density at radius 1 is 1.24 bits per heavy atom. The van der Waals surface area contributed by atoms with Crippen LogP contribution >= 0.6 is 11.5 Å². The lowest BCUT2D eigenvalue weighted by Crippen LogP contribution is -2.13. The van der Waals surface area contributed by atoms with Gasteiger partial charge in [-0.3, -0.25) is 4.79 Å². The van der Waals surface area contributed by atoms with E-state index >= 15 is 0 Å². The molecule has 0 atom stereocenters. The number of carbonyl (C=O) groups excluding carboxylic acids is 1. The van der Waals surface area contributed by atoms with Crippen LogP contribution in [0.5, 0.6) is 0 Å². The molecule has 0 unspecified atom stereocenters. The molecule has 2 aromatic rings. The molecule has 1 amide bonds. The lowest BCUT2D eigenvalue weighted by molar-refractivity contribution is 0.102. The highest BCUT2D eigenvalue weighted by Gasteiger charge is 2.14. The summed E-state index contributed by atoms with van der Waals surface area (Å²) in [5.41, 5.74) is 3.63. The van der Waals surface area contributed by atoms with Crippen LogP contribution in [-0.4, -0.2) is 15.5 Å². The molecule has 0 aliphatic heterocycles. The molecule has 4 nitrogen and oxygen atoms in total. The first-order valence-electron chi connectivity index (χ1n) is 5.26. The molecule has 0 fully saturated rings. The van der Waals surface area contributed by atoms with Crippen molar-refractivity contribution >= 4 is 23.1 Å². The molecule has 0 saturated carbocycles. The largest absolute Gasteiger partial charge is 0.321 e. The molecule has 1 aromatic heterocycles. The number of para-hydroxylation sites is 1. The Balaban J connectivity index is 2.28.